The molecule has 0 aliphatic carbocycles. The Morgan fingerprint density at radius 3 is 2.24 bits per heavy atom. The lowest BCUT2D eigenvalue weighted by Crippen LogP contribution is -2.36. The third-order valence-corrected chi connectivity index (χ3v) is 7.97. The molecule has 0 atom stereocenters. The molecular formula is C24H28FN3O5S. The SMILES string of the molecule is O=C(COC(=O)c1ccc(F)c(S(=O)(=O)N2CCCCC2)c1)Nc1ccc(N2CCCC2)cc1. The van der Waals surface area contributed by atoms with Crippen LogP contribution in [0.1, 0.15) is 42.5 Å². The van der Waals surface area contributed by atoms with E-state index in [1.165, 1.54) is 17.1 Å². The number of rotatable bonds is 7. The van der Waals surface area contributed by atoms with Crippen LogP contribution in [0.15, 0.2) is 47.4 Å². The molecule has 1 amide bonds. The van der Waals surface area contributed by atoms with Crippen LogP contribution in [-0.4, -0.2) is 57.4 Å². The largest absolute Gasteiger partial charge is 0.452 e. The van der Waals surface area contributed by atoms with Gasteiger partial charge in [-0.05, 0) is 68.1 Å². The molecule has 4 rings (SSSR count). The highest BCUT2D eigenvalue weighted by atomic mass is 32.2. The van der Waals surface area contributed by atoms with Gasteiger partial charge < -0.3 is 15.0 Å². The van der Waals surface area contributed by atoms with Crippen molar-refractivity contribution < 1.29 is 27.1 Å². The second kappa shape index (κ2) is 10.5. The van der Waals surface area contributed by atoms with E-state index in [-0.39, 0.29) is 5.56 Å². The van der Waals surface area contributed by atoms with Crippen LogP contribution in [0.3, 0.4) is 0 Å². The average molecular weight is 490 g/mol. The molecule has 34 heavy (non-hydrogen) atoms. The van der Waals surface area contributed by atoms with Crippen molar-refractivity contribution in [2.24, 2.45) is 0 Å². The van der Waals surface area contributed by atoms with Crippen molar-refractivity contribution >= 4 is 33.3 Å². The Labute approximate surface area is 198 Å². The maximum Gasteiger partial charge on any atom is 0.338 e. The Hall–Kier alpha value is -2.98. The van der Waals surface area contributed by atoms with E-state index in [1.807, 2.05) is 12.1 Å². The molecule has 0 aromatic heterocycles. The fourth-order valence-corrected chi connectivity index (χ4v) is 5.82. The van der Waals surface area contributed by atoms with E-state index in [9.17, 15) is 22.4 Å². The Morgan fingerprint density at radius 1 is 0.912 bits per heavy atom. The first kappa shape index (κ1) is 24.2. The highest BCUT2D eigenvalue weighted by molar-refractivity contribution is 7.89. The third-order valence-electron chi connectivity index (χ3n) is 6.06. The Balaban J connectivity index is 1.35. The normalized spacial score (nSPS) is 16.9. The molecule has 2 aliphatic rings. The van der Waals surface area contributed by atoms with Gasteiger partial charge in [-0.1, -0.05) is 6.42 Å². The maximum atomic E-state index is 14.3. The molecule has 182 valence electrons. The van der Waals surface area contributed by atoms with Gasteiger partial charge in [-0.15, -0.1) is 0 Å². The van der Waals surface area contributed by atoms with Gasteiger partial charge in [0.2, 0.25) is 10.0 Å². The van der Waals surface area contributed by atoms with Crippen LogP contribution in [0.25, 0.3) is 0 Å². The predicted octanol–water partition coefficient (Wildman–Crippen LogP) is 3.40. The van der Waals surface area contributed by atoms with Crippen molar-refractivity contribution in [2.45, 2.75) is 37.0 Å². The first-order valence-electron chi connectivity index (χ1n) is 11.5. The zero-order valence-electron chi connectivity index (χ0n) is 18.8. The minimum atomic E-state index is -4.06. The zero-order valence-corrected chi connectivity index (χ0v) is 19.7. The summed E-state index contributed by atoms with van der Waals surface area (Å²) in [5.41, 5.74) is 1.52. The van der Waals surface area contributed by atoms with Crippen molar-refractivity contribution in [3.05, 3.63) is 53.8 Å². The smallest absolute Gasteiger partial charge is 0.338 e. The summed E-state index contributed by atoms with van der Waals surface area (Å²) in [6.45, 7) is 2.11. The Morgan fingerprint density at radius 2 is 1.56 bits per heavy atom. The minimum Gasteiger partial charge on any atom is -0.452 e. The van der Waals surface area contributed by atoms with Crippen molar-refractivity contribution in [3.8, 4) is 0 Å². The molecule has 10 heteroatoms. The molecule has 2 aromatic carbocycles. The van der Waals surface area contributed by atoms with Gasteiger partial charge in [0, 0.05) is 37.6 Å². The van der Waals surface area contributed by atoms with Gasteiger partial charge >= 0.3 is 5.97 Å². The van der Waals surface area contributed by atoms with Crippen LogP contribution in [0.4, 0.5) is 15.8 Å². The summed E-state index contributed by atoms with van der Waals surface area (Å²) in [6.07, 6.45) is 4.68. The number of piperidine rings is 1. The molecule has 1 N–H and O–H groups in total. The molecule has 8 nitrogen and oxygen atoms in total. The number of carbonyl (C=O) groups excluding carboxylic acids is 2. The van der Waals surface area contributed by atoms with Gasteiger partial charge in [-0.25, -0.2) is 17.6 Å². The molecular weight excluding hydrogens is 461 g/mol. The number of hydrogen-bond donors (Lipinski definition) is 1. The van der Waals surface area contributed by atoms with Crippen LogP contribution in [0.2, 0.25) is 0 Å². The quantitative estimate of drug-likeness (QED) is 0.599. The summed E-state index contributed by atoms with van der Waals surface area (Å²) in [6, 6.07) is 10.5. The molecule has 0 unspecified atom stereocenters. The average Bonchev–Trinajstić information content (AvgIpc) is 3.39. The summed E-state index contributed by atoms with van der Waals surface area (Å²) in [7, 11) is -4.06. The number of sulfonamides is 1. The third kappa shape index (κ3) is 5.56. The fourth-order valence-electron chi connectivity index (χ4n) is 4.21. The van der Waals surface area contributed by atoms with Crippen molar-refractivity contribution in [2.75, 3.05) is 43.0 Å². The zero-order chi connectivity index (χ0) is 24.1. The molecule has 2 aliphatic heterocycles. The number of amides is 1. The lowest BCUT2D eigenvalue weighted by atomic mass is 10.2. The molecule has 2 fully saturated rings. The summed E-state index contributed by atoms with van der Waals surface area (Å²) in [5, 5.41) is 2.66. The number of anilines is 2. The van der Waals surface area contributed by atoms with E-state index in [0.717, 1.165) is 43.4 Å². The fraction of sp³-hybridized carbons (Fsp3) is 0.417. The van der Waals surface area contributed by atoms with Gasteiger partial charge in [-0.2, -0.15) is 4.31 Å². The van der Waals surface area contributed by atoms with Gasteiger partial charge in [0.05, 0.1) is 5.56 Å². The number of hydrogen-bond acceptors (Lipinski definition) is 6. The lowest BCUT2D eigenvalue weighted by Gasteiger charge is -2.26. The molecule has 0 saturated carbocycles. The van der Waals surface area contributed by atoms with Gasteiger partial charge in [0.15, 0.2) is 6.61 Å². The second-order valence-electron chi connectivity index (χ2n) is 8.48. The Bertz CT molecular complexity index is 1140. The number of ether oxygens (including phenoxy) is 1. The number of carbonyl (C=O) groups is 2. The standard InChI is InChI=1S/C24H28FN3O5S/c25-21-11-6-18(16-22(21)34(31,32)28-14-2-1-3-15-28)24(30)33-17-23(29)26-19-7-9-20(10-8-19)27-12-4-5-13-27/h6-11,16H,1-5,12-15,17H2,(H,26,29). The number of nitrogens with zero attached hydrogens (tertiary/aromatic N) is 2. The molecule has 2 heterocycles. The van der Waals surface area contributed by atoms with Gasteiger partial charge in [-0.3, -0.25) is 4.79 Å². The van der Waals surface area contributed by atoms with Gasteiger partial charge in [0.1, 0.15) is 10.7 Å². The molecule has 2 aromatic rings. The van der Waals surface area contributed by atoms with Crippen LogP contribution in [0, 0.1) is 5.82 Å². The summed E-state index contributed by atoms with van der Waals surface area (Å²) >= 11 is 0. The molecule has 0 bridgehead atoms. The predicted molar refractivity (Wildman–Crippen MR) is 126 cm³/mol. The van der Waals surface area contributed by atoms with E-state index in [4.69, 9.17) is 4.74 Å². The number of nitrogens with one attached hydrogen (secondary N) is 1. The molecule has 2 saturated heterocycles. The monoisotopic (exact) mass is 489 g/mol. The van der Waals surface area contributed by atoms with E-state index in [1.54, 1.807) is 12.1 Å². The van der Waals surface area contributed by atoms with Crippen LogP contribution >= 0.6 is 0 Å². The Kier molecular flexibility index (Phi) is 7.47. The maximum absolute atomic E-state index is 14.3. The van der Waals surface area contributed by atoms with Gasteiger partial charge in [0.25, 0.3) is 5.91 Å². The number of benzene rings is 2. The van der Waals surface area contributed by atoms with E-state index in [0.29, 0.717) is 31.6 Å². The number of esters is 1. The first-order chi connectivity index (χ1) is 16.3. The van der Waals surface area contributed by atoms with Crippen molar-refractivity contribution in [1.29, 1.82) is 0 Å². The lowest BCUT2D eigenvalue weighted by molar-refractivity contribution is -0.119. The summed E-state index contributed by atoms with van der Waals surface area (Å²) in [5.74, 6) is -2.38. The summed E-state index contributed by atoms with van der Waals surface area (Å²) in [4.78, 5) is 26.3. The molecule has 0 spiro atoms. The second-order valence-corrected chi connectivity index (χ2v) is 10.4. The summed E-state index contributed by atoms with van der Waals surface area (Å²) < 4.78 is 46.3. The molecule has 0 radical (unpaired) electrons. The van der Waals surface area contributed by atoms with Crippen molar-refractivity contribution in [1.82, 2.24) is 4.31 Å². The van der Waals surface area contributed by atoms with Crippen LogP contribution in [-0.2, 0) is 19.6 Å². The van der Waals surface area contributed by atoms with Crippen molar-refractivity contribution in [3.63, 3.8) is 0 Å². The van der Waals surface area contributed by atoms with E-state index >= 15 is 0 Å². The highest BCUT2D eigenvalue weighted by Gasteiger charge is 2.29. The highest BCUT2D eigenvalue weighted by Crippen LogP contribution is 2.25. The van der Waals surface area contributed by atoms with Crippen LogP contribution < -0.4 is 10.2 Å². The van der Waals surface area contributed by atoms with E-state index in [2.05, 4.69) is 10.2 Å². The first-order valence-corrected chi connectivity index (χ1v) is 12.9. The van der Waals surface area contributed by atoms with Crippen LogP contribution in [0.5, 0.6) is 0 Å². The minimum absolute atomic E-state index is 0.139. The topological polar surface area (TPSA) is 96.0 Å². The number of halogens is 1. The van der Waals surface area contributed by atoms with E-state index < -0.39 is 39.2 Å².